The highest BCUT2D eigenvalue weighted by molar-refractivity contribution is 7.13. The summed E-state index contributed by atoms with van der Waals surface area (Å²) in [6.07, 6.45) is 1.71. The zero-order valence-corrected chi connectivity index (χ0v) is 12.2. The number of carboxylic acid groups (broad SMARTS) is 1. The van der Waals surface area contributed by atoms with Gasteiger partial charge in [-0.05, 0) is 19.4 Å². The van der Waals surface area contributed by atoms with E-state index in [4.69, 9.17) is 0 Å². The summed E-state index contributed by atoms with van der Waals surface area (Å²) < 4.78 is 1.67. The van der Waals surface area contributed by atoms with Gasteiger partial charge < -0.3 is 15.0 Å². The van der Waals surface area contributed by atoms with Gasteiger partial charge in [0.25, 0.3) is 0 Å². The maximum absolute atomic E-state index is 12.0. The number of carboxylic acids is 1. The Balaban J connectivity index is 2.17. The van der Waals surface area contributed by atoms with Crippen LogP contribution in [-0.4, -0.2) is 26.5 Å². The Kier molecular flexibility index (Phi) is 3.89. The normalized spacial score (nSPS) is 10.6. The van der Waals surface area contributed by atoms with Crippen molar-refractivity contribution in [2.24, 2.45) is 7.05 Å². The summed E-state index contributed by atoms with van der Waals surface area (Å²) in [7, 11) is 1.73. The fraction of sp³-hybridized carbons (Fsp3) is 0.308. The van der Waals surface area contributed by atoms with E-state index in [0.717, 1.165) is 5.69 Å². The molecule has 1 amide bonds. The van der Waals surface area contributed by atoms with Crippen molar-refractivity contribution in [2.75, 3.05) is 5.32 Å². The SMILES string of the molecule is Cc1csc(NC(=O)Cc2c(C(=O)O)c(C)cn2C)n1. The van der Waals surface area contributed by atoms with Crippen LogP contribution in [0.4, 0.5) is 5.13 Å². The number of aromatic nitrogens is 2. The standard InChI is InChI=1S/C13H15N3O3S/c1-7-5-16(3)9(11(7)12(18)19)4-10(17)15-13-14-8(2)6-20-13/h5-6H,4H2,1-3H3,(H,18,19)(H,14,15,17). The molecular weight excluding hydrogens is 278 g/mol. The fourth-order valence-electron chi connectivity index (χ4n) is 2.07. The van der Waals surface area contributed by atoms with Gasteiger partial charge in [0.05, 0.1) is 17.7 Å². The molecule has 0 saturated heterocycles. The third-order valence-electron chi connectivity index (χ3n) is 2.90. The molecule has 0 unspecified atom stereocenters. The minimum Gasteiger partial charge on any atom is -0.478 e. The van der Waals surface area contributed by atoms with Crippen LogP contribution < -0.4 is 5.32 Å². The quantitative estimate of drug-likeness (QED) is 0.902. The molecule has 0 spiro atoms. The van der Waals surface area contributed by atoms with Gasteiger partial charge in [-0.1, -0.05) is 0 Å². The van der Waals surface area contributed by atoms with Gasteiger partial charge in [-0.3, -0.25) is 4.79 Å². The average molecular weight is 293 g/mol. The second kappa shape index (κ2) is 5.46. The third kappa shape index (κ3) is 2.88. The molecule has 2 rings (SSSR count). The van der Waals surface area contributed by atoms with E-state index < -0.39 is 5.97 Å². The zero-order chi connectivity index (χ0) is 14.9. The maximum atomic E-state index is 12.0. The van der Waals surface area contributed by atoms with Crippen molar-refractivity contribution in [3.05, 3.63) is 34.1 Å². The number of aromatic carboxylic acids is 1. The molecule has 0 fully saturated rings. The zero-order valence-electron chi connectivity index (χ0n) is 11.4. The molecule has 0 saturated carbocycles. The second-order valence-corrected chi connectivity index (χ2v) is 5.43. The largest absolute Gasteiger partial charge is 0.478 e. The highest BCUT2D eigenvalue weighted by Gasteiger charge is 2.20. The molecule has 2 heterocycles. The Morgan fingerprint density at radius 2 is 2.15 bits per heavy atom. The Bertz CT molecular complexity index is 672. The monoisotopic (exact) mass is 293 g/mol. The van der Waals surface area contributed by atoms with Gasteiger partial charge in [0.15, 0.2) is 5.13 Å². The van der Waals surface area contributed by atoms with Crippen molar-refractivity contribution in [1.82, 2.24) is 9.55 Å². The van der Waals surface area contributed by atoms with E-state index in [1.807, 2.05) is 12.3 Å². The number of aryl methyl sites for hydroxylation is 3. The van der Waals surface area contributed by atoms with E-state index in [-0.39, 0.29) is 17.9 Å². The van der Waals surface area contributed by atoms with E-state index >= 15 is 0 Å². The lowest BCUT2D eigenvalue weighted by molar-refractivity contribution is -0.115. The van der Waals surface area contributed by atoms with Crippen molar-refractivity contribution >= 4 is 28.3 Å². The Morgan fingerprint density at radius 3 is 2.70 bits per heavy atom. The van der Waals surface area contributed by atoms with Crippen LogP contribution in [0.2, 0.25) is 0 Å². The number of nitrogens with zero attached hydrogens (tertiary/aromatic N) is 2. The number of carbonyl (C=O) groups is 2. The van der Waals surface area contributed by atoms with Crippen LogP contribution in [0.25, 0.3) is 0 Å². The molecule has 7 heteroatoms. The minimum atomic E-state index is -1.02. The van der Waals surface area contributed by atoms with E-state index in [1.165, 1.54) is 11.3 Å². The van der Waals surface area contributed by atoms with E-state index in [2.05, 4.69) is 10.3 Å². The van der Waals surface area contributed by atoms with E-state index in [9.17, 15) is 14.7 Å². The molecule has 2 aromatic rings. The Hall–Kier alpha value is -2.15. The number of hydrogen-bond acceptors (Lipinski definition) is 4. The van der Waals surface area contributed by atoms with Crippen molar-refractivity contribution in [3.63, 3.8) is 0 Å². The molecule has 106 valence electrons. The predicted octanol–water partition coefficient (Wildman–Crippen LogP) is 1.98. The lowest BCUT2D eigenvalue weighted by Crippen LogP contribution is -2.18. The molecule has 6 nitrogen and oxygen atoms in total. The summed E-state index contributed by atoms with van der Waals surface area (Å²) in [6.45, 7) is 3.56. The van der Waals surface area contributed by atoms with Crippen LogP contribution in [0.3, 0.4) is 0 Å². The smallest absolute Gasteiger partial charge is 0.337 e. The van der Waals surface area contributed by atoms with Crippen molar-refractivity contribution in [3.8, 4) is 0 Å². The van der Waals surface area contributed by atoms with Crippen molar-refractivity contribution < 1.29 is 14.7 Å². The highest BCUT2D eigenvalue weighted by atomic mass is 32.1. The van der Waals surface area contributed by atoms with Gasteiger partial charge in [-0.2, -0.15) is 0 Å². The van der Waals surface area contributed by atoms with E-state index in [0.29, 0.717) is 16.4 Å². The molecule has 0 atom stereocenters. The van der Waals surface area contributed by atoms with Crippen LogP contribution in [0, 0.1) is 13.8 Å². The van der Waals surface area contributed by atoms with Gasteiger partial charge in [0.2, 0.25) is 5.91 Å². The van der Waals surface area contributed by atoms with E-state index in [1.54, 1.807) is 24.7 Å². The van der Waals surface area contributed by atoms with Crippen molar-refractivity contribution in [1.29, 1.82) is 0 Å². The topological polar surface area (TPSA) is 84.2 Å². The van der Waals surface area contributed by atoms with Crippen LogP contribution in [0.1, 0.15) is 27.3 Å². The van der Waals surface area contributed by atoms with Crippen LogP contribution in [0.5, 0.6) is 0 Å². The van der Waals surface area contributed by atoms with Crippen LogP contribution in [0.15, 0.2) is 11.6 Å². The first kappa shape index (κ1) is 14.3. The van der Waals surface area contributed by atoms with Gasteiger partial charge >= 0.3 is 5.97 Å². The third-order valence-corrected chi connectivity index (χ3v) is 3.78. The summed E-state index contributed by atoms with van der Waals surface area (Å²) in [5.41, 5.74) is 2.16. The van der Waals surface area contributed by atoms with Gasteiger partial charge in [-0.15, -0.1) is 11.3 Å². The molecule has 0 aromatic carbocycles. The summed E-state index contributed by atoms with van der Waals surface area (Å²) in [4.78, 5) is 27.4. The first-order valence-electron chi connectivity index (χ1n) is 5.98. The van der Waals surface area contributed by atoms with Crippen LogP contribution in [-0.2, 0) is 18.3 Å². The Morgan fingerprint density at radius 1 is 1.45 bits per heavy atom. The molecule has 20 heavy (non-hydrogen) atoms. The fourth-order valence-corrected chi connectivity index (χ4v) is 2.77. The molecule has 2 aromatic heterocycles. The number of carbonyl (C=O) groups excluding carboxylic acids is 1. The molecule has 0 aliphatic rings. The number of anilines is 1. The molecule has 0 aliphatic heterocycles. The van der Waals surface area contributed by atoms with Crippen molar-refractivity contribution in [2.45, 2.75) is 20.3 Å². The average Bonchev–Trinajstić information content (AvgIpc) is 2.83. The summed E-state index contributed by atoms with van der Waals surface area (Å²) in [5, 5.41) is 14.2. The number of nitrogens with one attached hydrogen (secondary N) is 1. The van der Waals surface area contributed by atoms with Gasteiger partial charge in [-0.25, -0.2) is 9.78 Å². The molecule has 0 bridgehead atoms. The molecular formula is C13H15N3O3S. The van der Waals surface area contributed by atoms with Crippen LogP contribution >= 0.6 is 11.3 Å². The molecule has 0 radical (unpaired) electrons. The lowest BCUT2D eigenvalue weighted by atomic mass is 10.1. The first-order chi connectivity index (χ1) is 9.38. The predicted molar refractivity (Wildman–Crippen MR) is 76.3 cm³/mol. The molecule has 2 N–H and O–H groups in total. The second-order valence-electron chi connectivity index (χ2n) is 4.57. The number of thiazole rings is 1. The highest BCUT2D eigenvalue weighted by Crippen LogP contribution is 2.19. The lowest BCUT2D eigenvalue weighted by Gasteiger charge is -2.05. The number of hydrogen-bond donors (Lipinski definition) is 2. The first-order valence-corrected chi connectivity index (χ1v) is 6.86. The van der Waals surface area contributed by atoms with Gasteiger partial charge in [0.1, 0.15) is 0 Å². The maximum Gasteiger partial charge on any atom is 0.337 e. The Labute approximate surface area is 120 Å². The number of rotatable bonds is 4. The summed E-state index contributed by atoms with van der Waals surface area (Å²) >= 11 is 1.34. The summed E-state index contributed by atoms with van der Waals surface area (Å²) in [5.74, 6) is -1.29. The minimum absolute atomic E-state index is 0.00456. The van der Waals surface area contributed by atoms with Gasteiger partial charge in [0, 0.05) is 24.3 Å². The summed E-state index contributed by atoms with van der Waals surface area (Å²) in [6, 6.07) is 0. The molecule has 0 aliphatic carbocycles. The number of amides is 1.